The fourth-order valence-corrected chi connectivity index (χ4v) is 2.99. The van der Waals surface area contributed by atoms with E-state index in [0.29, 0.717) is 19.0 Å². The van der Waals surface area contributed by atoms with Crippen LogP contribution in [0.1, 0.15) is 23.7 Å². The van der Waals surface area contributed by atoms with Crippen LogP contribution >= 0.6 is 27.5 Å². The number of alkyl halides is 1. The molecule has 2 rings (SSSR count). The number of rotatable bonds is 2. The maximum atomic E-state index is 12.4. The SMILES string of the molecule is CC1CCN(C(=O)c2ccc(Cl)cc2[N+](=O)[O-])CC1Br. The number of likely N-dealkylation sites (tertiary alicyclic amines) is 1. The second-order valence-electron chi connectivity index (χ2n) is 4.95. The molecule has 0 aromatic heterocycles. The van der Waals surface area contributed by atoms with E-state index in [2.05, 4.69) is 22.9 Å². The normalized spacial score (nSPS) is 22.6. The number of benzene rings is 1. The van der Waals surface area contributed by atoms with Gasteiger partial charge in [-0.1, -0.05) is 34.5 Å². The first-order chi connectivity index (χ1) is 9.40. The standard InChI is InChI=1S/C13H14BrClN2O3/c1-8-4-5-16(7-11(8)14)13(18)10-3-2-9(15)6-12(10)17(19)20/h2-3,6,8,11H,4-5,7H2,1H3. The number of nitro benzene ring substituents is 1. The van der Waals surface area contributed by atoms with Crippen molar-refractivity contribution in [3.05, 3.63) is 38.9 Å². The van der Waals surface area contributed by atoms with Crippen LogP contribution in [0.4, 0.5) is 5.69 Å². The summed E-state index contributed by atoms with van der Waals surface area (Å²) >= 11 is 9.30. The molecule has 2 atom stereocenters. The van der Waals surface area contributed by atoms with Gasteiger partial charge in [0.25, 0.3) is 11.6 Å². The Labute approximate surface area is 130 Å². The lowest BCUT2D eigenvalue weighted by Crippen LogP contribution is -2.43. The van der Waals surface area contributed by atoms with Crippen LogP contribution in [0.5, 0.6) is 0 Å². The van der Waals surface area contributed by atoms with E-state index >= 15 is 0 Å². The highest BCUT2D eigenvalue weighted by molar-refractivity contribution is 9.09. The van der Waals surface area contributed by atoms with Gasteiger partial charge in [-0.15, -0.1) is 0 Å². The molecule has 1 aliphatic heterocycles. The van der Waals surface area contributed by atoms with Gasteiger partial charge in [0, 0.05) is 29.0 Å². The molecule has 0 spiro atoms. The van der Waals surface area contributed by atoms with Gasteiger partial charge in [-0.05, 0) is 24.5 Å². The fraction of sp³-hybridized carbons (Fsp3) is 0.462. The molecule has 0 bridgehead atoms. The molecule has 1 amide bonds. The second kappa shape index (κ2) is 6.10. The predicted octanol–water partition coefficient (Wildman–Crippen LogP) is 3.49. The molecule has 1 heterocycles. The van der Waals surface area contributed by atoms with Crippen LogP contribution in [0.3, 0.4) is 0 Å². The first kappa shape index (κ1) is 15.3. The van der Waals surface area contributed by atoms with E-state index in [4.69, 9.17) is 11.6 Å². The molecule has 20 heavy (non-hydrogen) atoms. The zero-order valence-electron chi connectivity index (χ0n) is 10.9. The Kier molecular flexibility index (Phi) is 4.65. The molecule has 1 fully saturated rings. The summed E-state index contributed by atoms with van der Waals surface area (Å²) in [6.07, 6.45) is 0.878. The molecule has 5 nitrogen and oxygen atoms in total. The van der Waals surface area contributed by atoms with Gasteiger partial charge in [-0.2, -0.15) is 0 Å². The van der Waals surface area contributed by atoms with Crippen molar-refractivity contribution in [1.29, 1.82) is 0 Å². The molecule has 1 aromatic carbocycles. The first-order valence-electron chi connectivity index (χ1n) is 6.27. The Hall–Kier alpha value is -1.14. The number of amides is 1. The fourth-order valence-electron chi connectivity index (χ4n) is 2.21. The summed E-state index contributed by atoms with van der Waals surface area (Å²) in [5, 5.41) is 11.3. The number of halogens is 2. The lowest BCUT2D eigenvalue weighted by atomic mass is 9.98. The lowest BCUT2D eigenvalue weighted by molar-refractivity contribution is -0.385. The average Bonchev–Trinajstić information content (AvgIpc) is 2.41. The third-order valence-electron chi connectivity index (χ3n) is 3.54. The summed E-state index contributed by atoms with van der Waals surface area (Å²) in [5.41, 5.74) is -0.152. The van der Waals surface area contributed by atoms with Gasteiger partial charge in [0.2, 0.25) is 0 Å². The van der Waals surface area contributed by atoms with E-state index in [-0.39, 0.29) is 27.0 Å². The molecule has 0 saturated carbocycles. The van der Waals surface area contributed by atoms with Crippen LogP contribution in [0, 0.1) is 16.0 Å². The summed E-state index contributed by atoms with van der Waals surface area (Å²) in [5.74, 6) is 0.170. The average molecular weight is 362 g/mol. The molecule has 1 aromatic rings. The quantitative estimate of drug-likeness (QED) is 0.460. The van der Waals surface area contributed by atoms with Crippen molar-refractivity contribution in [1.82, 2.24) is 4.90 Å². The van der Waals surface area contributed by atoms with Gasteiger partial charge in [0.05, 0.1) is 4.92 Å². The number of piperidine rings is 1. The third-order valence-corrected chi connectivity index (χ3v) is 4.97. The van der Waals surface area contributed by atoms with E-state index in [1.165, 1.54) is 18.2 Å². The molecule has 1 aliphatic rings. The molecular formula is C13H14BrClN2O3. The van der Waals surface area contributed by atoms with E-state index in [0.717, 1.165) is 6.42 Å². The van der Waals surface area contributed by atoms with Gasteiger partial charge in [0.15, 0.2) is 0 Å². The predicted molar refractivity (Wildman–Crippen MR) is 80.5 cm³/mol. The van der Waals surface area contributed by atoms with Crippen molar-refractivity contribution in [2.45, 2.75) is 18.2 Å². The maximum absolute atomic E-state index is 12.4. The van der Waals surface area contributed by atoms with E-state index in [1.54, 1.807) is 4.90 Å². The van der Waals surface area contributed by atoms with Crippen molar-refractivity contribution in [3.63, 3.8) is 0 Å². The van der Waals surface area contributed by atoms with Gasteiger partial charge in [0.1, 0.15) is 5.56 Å². The van der Waals surface area contributed by atoms with Crippen LogP contribution in [0.15, 0.2) is 18.2 Å². The van der Waals surface area contributed by atoms with E-state index in [9.17, 15) is 14.9 Å². The van der Waals surface area contributed by atoms with Crippen molar-refractivity contribution in [2.24, 2.45) is 5.92 Å². The molecule has 2 unspecified atom stereocenters. The number of carbonyl (C=O) groups is 1. The minimum absolute atomic E-state index is 0.0913. The Morgan fingerprint density at radius 2 is 2.25 bits per heavy atom. The molecular weight excluding hydrogens is 348 g/mol. The maximum Gasteiger partial charge on any atom is 0.283 e. The first-order valence-corrected chi connectivity index (χ1v) is 7.56. The van der Waals surface area contributed by atoms with Gasteiger partial charge in [-0.3, -0.25) is 14.9 Å². The molecule has 1 saturated heterocycles. The third kappa shape index (κ3) is 3.12. The largest absolute Gasteiger partial charge is 0.337 e. The van der Waals surface area contributed by atoms with E-state index < -0.39 is 4.92 Å². The monoisotopic (exact) mass is 360 g/mol. The van der Waals surface area contributed by atoms with Crippen LogP contribution in [-0.2, 0) is 0 Å². The zero-order valence-corrected chi connectivity index (χ0v) is 13.2. The van der Waals surface area contributed by atoms with Gasteiger partial charge >= 0.3 is 0 Å². The highest BCUT2D eigenvalue weighted by Crippen LogP contribution is 2.28. The number of hydrogen-bond acceptors (Lipinski definition) is 3. The molecule has 0 radical (unpaired) electrons. The van der Waals surface area contributed by atoms with Crippen molar-refractivity contribution in [2.75, 3.05) is 13.1 Å². The Balaban J connectivity index is 2.27. The number of carbonyl (C=O) groups excluding carboxylic acids is 1. The molecule has 7 heteroatoms. The van der Waals surface area contributed by atoms with Crippen LogP contribution in [0.25, 0.3) is 0 Å². The topological polar surface area (TPSA) is 63.5 Å². The second-order valence-corrected chi connectivity index (χ2v) is 6.56. The van der Waals surface area contributed by atoms with Crippen molar-refractivity contribution < 1.29 is 9.72 Å². The van der Waals surface area contributed by atoms with Crippen molar-refractivity contribution >= 4 is 39.1 Å². The summed E-state index contributed by atoms with van der Waals surface area (Å²) in [7, 11) is 0. The van der Waals surface area contributed by atoms with Crippen LogP contribution in [0.2, 0.25) is 5.02 Å². The smallest absolute Gasteiger partial charge is 0.283 e. The minimum atomic E-state index is -0.572. The lowest BCUT2D eigenvalue weighted by Gasteiger charge is -2.34. The Morgan fingerprint density at radius 3 is 2.85 bits per heavy atom. The highest BCUT2D eigenvalue weighted by atomic mass is 79.9. The van der Waals surface area contributed by atoms with Crippen molar-refractivity contribution in [3.8, 4) is 0 Å². The van der Waals surface area contributed by atoms with Gasteiger partial charge in [-0.25, -0.2) is 0 Å². The summed E-state index contributed by atoms with van der Waals surface area (Å²) in [4.78, 5) is 24.8. The zero-order chi connectivity index (χ0) is 14.9. The highest BCUT2D eigenvalue weighted by Gasteiger charge is 2.30. The molecule has 0 N–H and O–H groups in total. The summed E-state index contributed by atoms with van der Waals surface area (Å²) in [6, 6.07) is 4.14. The van der Waals surface area contributed by atoms with Crippen LogP contribution < -0.4 is 0 Å². The summed E-state index contributed by atoms with van der Waals surface area (Å²) < 4.78 is 0. The summed E-state index contributed by atoms with van der Waals surface area (Å²) in [6.45, 7) is 3.29. The number of nitrogens with zero attached hydrogens (tertiary/aromatic N) is 2. The van der Waals surface area contributed by atoms with E-state index in [1.807, 2.05) is 0 Å². The van der Waals surface area contributed by atoms with Crippen LogP contribution in [-0.4, -0.2) is 33.6 Å². The minimum Gasteiger partial charge on any atom is -0.337 e. The number of hydrogen-bond donors (Lipinski definition) is 0. The number of nitro groups is 1. The Bertz CT molecular complexity index is 552. The van der Waals surface area contributed by atoms with Gasteiger partial charge < -0.3 is 4.90 Å². The molecule has 108 valence electrons. The molecule has 0 aliphatic carbocycles. The Morgan fingerprint density at radius 1 is 1.55 bits per heavy atom.